The molecular formula is C15H15N5. The third-order valence-electron chi connectivity index (χ3n) is 3.21. The molecule has 0 unspecified atom stereocenters. The van der Waals surface area contributed by atoms with E-state index in [9.17, 15) is 0 Å². The van der Waals surface area contributed by atoms with Gasteiger partial charge in [0.05, 0.1) is 5.52 Å². The van der Waals surface area contributed by atoms with Gasteiger partial charge < -0.3 is 10.6 Å². The fourth-order valence-corrected chi connectivity index (χ4v) is 1.99. The molecular weight excluding hydrogens is 250 g/mol. The highest BCUT2D eigenvalue weighted by Crippen LogP contribution is 2.21. The van der Waals surface area contributed by atoms with Gasteiger partial charge in [0.25, 0.3) is 0 Å². The van der Waals surface area contributed by atoms with E-state index in [-0.39, 0.29) is 0 Å². The Hall–Kier alpha value is -2.53. The molecule has 0 aliphatic rings. The van der Waals surface area contributed by atoms with E-state index < -0.39 is 0 Å². The number of fused-ring (bicyclic) bond motifs is 1. The summed E-state index contributed by atoms with van der Waals surface area (Å²) >= 11 is 0. The first-order valence-electron chi connectivity index (χ1n) is 6.40. The third kappa shape index (κ3) is 2.31. The molecule has 0 saturated carbocycles. The van der Waals surface area contributed by atoms with Crippen LogP contribution in [0.3, 0.4) is 0 Å². The summed E-state index contributed by atoms with van der Waals surface area (Å²) in [7, 11) is 1.92. The lowest BCUT2D eigenvalue weighted by atomic mass is 10.2. The molecule has 0 fully saturated rings. The Morgan fingerprint density at radius 1 is 0.950 bits per heavy atom. The zero-order chi connectivity index (χ0) is 13.9. The molecule has 5 nitrogen and oxygen atoms in total. The van der Waals surface area contributed by atoms with Crippen molar-refractivity contribution < 1.29 is 0 Å². The predicted octanol–water partition coefficient (Wildman–Crippen LogP) is 2.25. The van der Waals surface area contributed by atoms with Crippen LogP contribution in [-0.2, 0) is 6.54 Å². The van der Waals surface area contributed by atoms with E-state index in [1.165, 1.54) is 0 Å². The molecule has 3 aromatic rings. The first-order chi connectivity index (χ1) is 9.78. The molecule has 2 aromatic carbocycles. The summed E-state index contributed by atoms with van der Waals surface area (Å²) < 4.78 is 0. The van der Waals surface area contributed by atoms with Gasteiger partial charge in [-0.25, -0.2) is 4.98 Å². The Kier molecular flexibility index (Phi) is 3.26. The van der Waals surface area contributed by atoms with Gasteiger partial charge in [-0.2, -0.15) is 0 Å². The van der Waals surface area contributed by atoms with Gasteiger partial charge in [-0.05, 0) is 29.8 Å². The Bertz CT molecular complexity index is 724. The molecule has 100 valence electrons. The number of rotatable bonds is 3. The molecule has 3 rings (SSSR count). The van der Waals surface area contributed by atoms with Gasteiger partial charge in [0.1, 0.15) is 5.52 Å². The van der Waals surface area contributed by atoms with Gasteiger partial charge in [0.2, 0.25) is 5.95 Å². The van der Waals surface area contributed by atoms with E-state index in [2.05, 4.69) is 15.2 Å². The van der Waals surface area contributed by atoms with E-state index in [1.807, 2.05) is 60.5 Å². The highest BCUT2D eigenvalue weighted by atomic mass is 15.3. The first kappa shape index (κ1) is 12.5. The largest absolute Gasteiger partial charge is 0.326 e. The lowest BCUT2D eigenvalue weighted by Gasteiger charge is -2.17. The Morgan fingerprint density at radius 3 is 2.35 bits per heavy atom. The van der Waals surface area contributed by atoms with Crippen LogP contribution < -0.4 is 10.6 Å². The molecule has 0 amide bonds. The van der Waals surface area contributed by atoms with Crippen molar-refractivity contribution in [2.45, 2.75) is 6.54 Å². The first-order valence-corrected chi connectivity index (χ1v) is 6.40. The minimum Gasteiger partial charge on any atom is -0.326 e. The van der Waals surface area contributed by atoms with E-state index in [4.69, 9.17) is 5.73 Å². The minimum absolute atomic E-state index is 0.540. The van der Waals surface area contributed by atoms with Crippen molar-refractivity contribution in [3.63, 3.8) is 0 Å². The molecule has 0 radical (unpaired) electrons. The van der Waals surface area contributed by atoms with Crippen LogP contribution in [0.25, 0.3) is 11.0 Å². The van der Waals surface area contributed by atoms with Crippen molar-refractivity contribution in [2.75, 3.05) is 11.9 Å². The average Bonchev–Trinajstić information content (AvgIpc) is 2.54. The number of aromatic nitrogens is 3. The predicted molar refractivity (Wildman–Crippen MR) is 79.7 cm³/mol. The molecule has 0 aliphatic carbocycles. The second-order valence-electron chi connectivity index (χ2n) is 4.53. The van der Waals surface area contributed by atoms with Gasteiger partial charge in [0, 0.05) is 19.3 Å². The van der Waals surface area contributed by atoms with E-state index in [1.54, 1.807) is 0 Å². The van der Waals surface area contributed by atoms with Crippen LogP contribution in [0.15, 0.2) is 48.5 Å². The van der Waals surface area contributed by atoms with E-state index in [0.717, 1.165) is 22.3 Å². The number of hydrogen-bond acceptors (Lipinski definition) is 5. The SMILES string of the molecule is CN(c1ccc(CN)cc1)c1nnc2ccccc2n1. The molecule has 0 spiro atoms. The minimum atomic E-state index is 0.540. The summed E-state index contributed by atoms with van der Waals surface area (Å²) in [5, 5.41) is 8.35. The molecule has 5 heteroatoms. The second-order valence-corrected chi connectivity index (χ2v) is 4.53. The normalized spacial score (nSPS) is 10.7. The summed E-state index contributed by atoms with van der Waals surface area (Å²) in [5.41, 5.74) is 9.33. The van der Waals surface area contributed by atoms with Gasteiger partial charge in [-0.3, -0.25) is 0 Å². The summed E-state index contributed by atoms with van der Waals surface area (Å²) in [6.45, 7) is 0.540. The zero-order valence-electron chi connectivity index (χ0n) is 11.2. The maximum atomic E-state index is 5.60. The third-order valence-corrected chi connectivity index (χ3v) is 3.21. The molecule has 0 saturated heterocycles. The summed E-state index contributed by atoms with van der Waals surface area (Å²) in [4.78, 5) is 6.42. The number of nitrogens with zero attached hydrogens (tertiary/aromatic N) is 4. The summed E-state index contributed by atoms with van der Waals surface area (Å²) in [5.74, 6) is 0.573. The fraction of sp³-hybridized carbons (Fsp3) is 0.133. The zero-order valence-corrected chi connectivity index (χ0v) is 11.2. The van der Waals surface area contributed by atoms with E-state index in [0.29, 0.717) is 12.5 Å². The van der Waals surface area contributed by atoms with Crippen LogP contribution in [0.2, 0.25) is 0 Å². The highest BCUT2D eigenvalue weighted by molar-refractivity contribution is 5.74. The van der Waals surface area contributed by atoms with Crippen molar-refractivity contribution in [3.8, 4) is 0 Å². The highest BCUT2D eigenvalue weighted by Gasteiger charge is 2.08. The quantitative estimate of drug-likeness (QED) is 0.786. The van der Waals surface area contributed by atoms with Crippen molar-refractivity contribution in [1.29, 1.82) is 0 Å². The summed E-state index contributed by atoms with van der Waals surface area (Å²) in [6.07, 6.45) is 0. The molecule has 2 N–H and O–H groups in total. The number of para-hydroxylation sites is 1. The molecule has 0 atom stereocenters. The number of anilines is 2. The Balaban J connectivity index is 1.96. The van der Waals surface area contributed by atoms with Crippen LogP contribution in [0, 0.1) is 0 Å². The van der Waals surface area contributed by atoms with Crippen LogP contribution in [0.4, 0.5) is 11.6 Å². The van der Waals surface area contributed by atoms with Crippen LogP contribution in [0.5, 0.6) is 0 Å². The van der Waals surface area contributed by atoms with Crippen molar-refractivity contribution >= 4 is 22.7 Å². The number of benzene rings is 2. The topological polar surface area (TPSA) is 67.9 Å². The number of nitrogens with two attached hydrogens (primary N) is 1. The van der Waals surface area contributed by atoms with Gasteiger partial charge >= 0.3 is 0 Å². The monoisotopic (exact) mass is 265 g/mol. The number of hydrogen-bond donors (Lipinski definition) is 1. The maximum Gasteiger partial charge on any atom is 0.250 e. The van der Waals surface area contributed by atoms with Crippen molar-refractivity contribution in [2.24, 2.45) is 5.73 Å². The van der Waals surface area contributed by atoms with Crippen LogP contribution in [0.1, 0.15) is 5.56 Å². The average molecular weight is 265 g/mol. The molecule has 1 aromatic heterocycles. The van der Waals surface area contributed by atoms with Gasteiger partial charge in [-0.1, -0.05) is 24.3 Å². The molecule has 20 heavy (non-hydrogen) atoms. The van der Waals surface area contributed by atoms with Gasteiger partial charge in [0.15, 0.2) is 0 Å². The lowest BCUT2D eigenvalue weighted by Crippen LogP contribution is -2.14. The molecule has 1 heterocycles. The standard InChI is InChI=1S/C15H15N5/c1-20(12-8-6-11(10-16)7-9-12)15-17-13-4-2-3-5-14(13)18-19-15/h2-9H,10,16H2,1H3. The van der Waals surface area contributed by atoms with Crippen molar-refractivity contribution in [3.05, 3.63) is 54.1 Å². The van der Waals surface area contributed by atoms with E-state index >= 15 is 0 Å². The molecule has 0 bridgehead atoms. The Morgan fingerprint density at radius 2 is 1.65 bits per heavy atom. The smallest absolute Gasteiger partial charge is 0.250 e. The van der Waals surface area contributed by atoms with Crippen LogP contribution >= 0.6 is 0 Å². The van der Waals surface area contributed by atoms with Gasteiger partial charge in [-0.15, -0.1) is 10.2 Å². The second kappa shape index (κ2) is 5.22. The lowest BCUT2D eigenvalue weighted by molar-refractivity contribution is 0.965. The molecule has 0 aliphatic heterocycles. The van der Waals surface area contributed by atoms with Crippen LogP contribution in [-0.4, -0.2) is 22.2 Å². The fourth-order valence-electron chi connectivity index (χ4n) is 1.99. The van der Waals surface area contributed by atoms with Crippen molar-refractivity contribution in [1.82, 2.24) is 15.2 Å². The Labute approximate surface area is 117 Å². The maximum absolute atomic E-state index is 5.60. The summed E-state index contributed by atoms with van der Waals surface area (Å²) in [6, 6.07) is 15.7.